The molecule has 9 heteroatoms. The van der Waals surface area contributed by atoms with Crippen molar-refractivity contribution >= 4 is 18.2 Å². The van der Waals surface area contributed by atoms with Crippen LogP contribution in [0.5, 0.6) is 0 Å². The molecule has 4 rings (SSSR count). The number of carbonyl (C=O) groups excluding carboxylic acids is 1. The van der Waals surface area contributed by atoms with Crippen molar-refractivity contribution < 1.29 is 14.7 Å². The van der Waals surface area contributed by atoms with Gasteiger partial charge in [0.2, 0.25) is 0 Å². The Balaban J connectivity index is 0.000000806. The molecule has 0 saturated carbocycles. The van der Waals surface area contributed by atoms with Gasteiger partial charge in [0.1, 0.15) is 17.3 Å². The Morgan fingerprint density at radius 3 is 2.63 bits per heavy atom. The molecule has 0 bridgehead atoms. The SMILES string of the molecule is CCC(Nc1nc(-c2ccccc2)nc2c1CCNC2=O)c1ncc(C)[nH]1.O=CO. The zero-order valence-electron chi connectivity index (χ0n) is 16.8. The molecule has 9 nitrogen and oxygen atoms in total. The van der Waals surface area contributed by atoms with E-state index in [-0.39, 0.29) is 18.4 Å². The first-order valence-electron chi connectivity index (χ1n) is 9.67. The monoisotopic (exact) mass is 408 g/mol. The van der Waals surface area contributed by atoms with Crippen LogP contribution in [0.1, 0.15) is 47.0 Å². The van der Waals surface area contributed by atoms with Crippen molar-refractivity contribution in [1.82, 2.24) is 25.3 Å². The van der Waals surface area contributed by atoms with Gasteiger partial charge in [-0.05, 0) is 19.8 Å². The second-order valence-electron chi connectivity index (χ2n) is 6.76. The number of aromatic nitrogens is 4. The maximum atomic E-state index is 12.4. The Morgan fingerprint density at radius 2 is 2.00 bits per heavy atom. The maximum absolute atomic E-state index is 12.4. The molecule has 3 aromatic rings. The van der Waals surface area contributed by atoms with Gasteiger partial charge in [0.25, 0.3) is 12.4 Å². The van der Waals surface area contributed by atoms with Gasteiger partial charge >= 0.3 is 0 Å². The van der Waals surface area contributed by atoms with E-state index in [0.717, 1.165) is 29.1 Å². The quantitative estimate of drug-likeness (QED) is 0.477. The van der Waals surface area contributed by atoms with Gasteiger partial charge in [-0.15, -0.1) is 0 Å². The van der Waals surface area contributed by atoms with E-state index < -0.39 is 0 Å². The van der Waals surface area contributed by atoms with E-state index >= 15 is 0 Å². The van der Waals surface area contributed by atoms with Crippen molar-refractivity contribution in [3.8, 4) is 11.4 Å². The summed E-state index contributed by atoms with van der Waals surface area (Å²) in [4.78, 5) is 37.8. The number of nitrogens with one attached hydrogen (secondary N) is 3. The minimum Gasteiger partial charge on any atom is -0.483 e. The molecule has 2 aromatic heterocycles. The Kier molecular flexibility index (Phi) is 6.74. The second kappa shape index (κ2) is 9.64. The number of aromatic amines is 1. The highest BCUT2D eigenvalue weighted by Crippen LogP contribution is 2.28. The van der Waals surface area contributed by atoms with Gasteiger partial charge in [0.15, 0.2) is 5.82 Å². The fraction of sp³-hybridized carbons (Fsp3) is 0.286. The molecule has 0 saturated heterocycles. The van der Waals surface area contributed by atoms with Crippen LogP contribution in [0, 0.1) is 6.92 Å². The van der Waals surface area contributed by atoms with E-state index in [1.54, 1.807) is 0 Å². The normalized spacial score (nSPS) is 13.3. The number of carboxylic acid groups (broad SMARTS) is 1. The average molecular weight is 408 g/mol. The van der Waals surface area contributed by atoms with Crippen LogP contribution in [0.2, 0.25) is 0 Å². The molecule has 30 heavy (non-hydrogen) atoms. The molecule has 1 aliphatic heterocycles. The largest absolute Gasteiger partial charge is 0.483 e. The molecular formula is C21H24N6O3. The summed E-state index contributed by atoms with van der Waals surface area (Å²) in [6, 6.07) is 9.68. The van der Waals surface area contributed by atoms with Crippen LogP contribution in [-0.4, -0.2) is 44.0 Å². The fourth-order valence-corrected chi connectivity index (χ4v) is 3.27. The Hall–Kier alpha value is -3.75. The summed E-state index contributed by atoms with van der Waals surface area (Å²) in [7, 11) is 0. The van der Waals surface area contributed by atoms with Gasteiger partial charge in [-0.3, -0.25) is 9.59 Å². The number of H-pyrrole nitrogens is 1. The minimum atomic E-state index is -0.250. The van der Waals surface area contributed by atoms with Crippen LogP contribution < -0.4 is 10.6 Å². The average Bonchev–Trinajstić information content (AvgIpc) is 3.19. The summed E-state index contributed by atoms with van der Waals surface area (Å²) in [5, 5.41) is 13.3. The number of amides is 1. The third-order valence-electron chi connectivity index (χ3n) is 4.69. The van der Waals surface area contributed by atoms with Crippen molar-refractivity contribution in [2.24, 2.45) is 0 Å². The molecule has 4 N–H and O–H groups in total. The van der Waals surface area contributed by atoms with E-state index in [1.165, 1.54) is 0 Å². The van der Waals surface area contributed by atoms with Crippen molar-refractivity contribution in [3.05, 3.63) is 59.3 Å². The molecule has 1 aliphatic rings. The number of aryl methyl sites for hydroxylation is 1. The number of carbonyl (C=O) groups is 2. The van der Waals surface area contributed by atoms with Crippen LogP contribution in [-0.2, 0) is 11.2 Å². The van der Waals surface area contributed by atoms with Crippen molar-refractivity contribution in [2.75, 3.05) is 11.9 Å². The summed E-state index contributed by atoms with van der Waals surface area (Å²) < 4.78 is 0. The van der Waals surface area contributed by atoms with Gasteiger partial charge in [-0.25, -0.2) is 15.0 Å². The molecule has 3 heterocycles. The number of imidazole rings is 1. The summed E-state index contributed by atoms with van der Waals surface area (Å²) >= 11 is 0. The third kappa shape index (κ3) is 4.62. The Morgan fingerprint density at radius 1 is 1.27 bits per heavy atom. The number of fused-ring (bicyclic) bond motifs is 1. The summed E-state index contributed by atoms with van der Waals surface area (Å²) in [5.74, 6) is 1.96. The molecule has 0 aliphatic carbocycles. The topological polar surface area (TPSA) is 133 Å². The lowest BCUT2D eigenvalue weighted by Gasteiger charge is -2.23. The predicted molar refractivity (Wildman–Crippen MR) is 112 cm³/mol. The Labute approximate surface area is 174 Å². The van der Waals surface area contributed by atoms with Crippen molar-refractivity contribution in [1.29, 1.82) is 0 Å². The number of hydrogen-bond donors (Lipinski definition) is 4. The number of rotatable bonds is 5. The molecular weight excluding hydrogens is 384 g/mol. The highest BCUT2D eigenvalue weighted by Gasteiger charge is 2.25. The van der Waals surface area contributed by atoms with E-state index in [2.05, 4.69) is 32.5 Å². The van der Waals surface area contributed by atoms with E-state index in [1.807, 2.05) is 43.5 Å². The standard InChI is InChI=1S/C20H22N6O.CH2O2/c1-3-15(19-22-11-12(2)23-19)24-18-14-9-10-21-20(27)16(14)25-17(26-18)13-7-5-4-6-8-13;2-1-3/h4-8,11,15H,3,9-10H2,1-2H3,(H,21,27)(H,22,23)(H,24,25,26);1H,(H,2,3). The maximum Gasteiger partial charge on any atom is 0.290 e. The minimum absolute atomic E-state index is 0.0219. The van der Waals surface area contributed by atoms with Crippen LogP contribution in [0.4, 0.5) is 5.82 Å². The van der Waals surface area contributed by atoms with Crippen molar-refractivity contribution in [2.45, 2.75) is 32.7 Å². The molecule has 156 valence electrons. The molecule has 0 fully saturated rings. The van der Waals surface area contributed by atoms with Crippen LogP contribution in [0.15, 0.2) is 36.5 Å². The zero-order chi connectivity index (χ0) is 21.5. The predicted octanol–water partition coefficient (Wildman–Crippen LogP) is 2.73. The lowest BCUT2D eigenvalue weighted by atomic mass is 10.0. The number of benzene rings is 1. The van der Waals surface area contributed by atoms with Crippen LogP contribution in [0.25, 0.3) is 11.4 Å². The molecule has 1 aromatic carbocycles. The lowest BCUT2D eigenvalue weighted by Crippen LogP contribution is -2.34. The molecule has 0 radical (unpaired) electrons. The fourth-order valence-electron chi connectivity index (χ4n) is 3.27. The Bertz CT molecular complexity index is 1020. The van der Waals surface area contributed by atoms with Gasteiger partial charge in [-0.1, -0.05) is 37.3 Å². The first kappa shape index (κ1) is 21.0. The smallest absolute Gasteiger partial charge is 0.290 e. The van der Waals surface area contributed by atoms with Gasteiger partial charge < -0.3 is 20.7 Å². The first-order chi connectivity index (χ1) is 14.6. The molecule has 1 atom stereocenters. The highest BCUT2D eigenvalue weighted by molar-refractivity contribution is 5.96. The number of nitrogens with zero attached hydrogens (tertiary/aromatic N) is 3. The molecule has 0 spiro atoms. The second-order valence-corrected chi connectivity index (χ2v) is 6.76. The van der Waals surface area contributed by atoms with E-state index in [9.17, 15) is 4.79 Å². The lowest BCUT2D eigenvalue weighted by molar-refractivity contribution is -0.122. The van der Waals surface area contributed by atoms with Crippen LogP contribution in [0.3, 0.4) is 0 Å². The zero-order valence-corrected chi connectivity index (χ0v) is 16.8. The van der Waals surface area contributed by atoms with E-state index in [4.69, 9.17) is 14.9 Å². The first-order valence-corrected chi connectivity index (χ1v) is 9.67. The third-order valence-corrected chi connectivity index (χ3v) is 4.69. The summed E-state index contributed by atoms with van der Waals surface area (Å²) in [6.07, 6.45) is 3.35. The van der Waals surface area contributed by atoms with Gasteiger partial charge in [0, 0.05) is 29.6 Å². The van der Waals surface area contributed by atoms with Crippen LogP contribution >= 0.6 is 0 Å². The van der Waals surface area contributed by atoms with Gasteiger partial charge in [-0.2, -0.15) is 0 Å². The number of anilines is 1. The summed E-state index contributed by atoms with van der Waals surface area (Å²) in [6.45, 7) is 4.41. The van der Waals surface area contributed by atoms with E-state index in [0.29, 0.717) is 30.3 Å². The molecule has 1 amide bonds. The number of hydrogen-bond acceptors (Lipinski definition) is 6. The van der Waals surface area contributed by atoms with Crippen molar-refractivity contribution in [3.63, 3.8) is 0 Å². The summed E-state index contributed by atoms with van der Waals surface area (Å²) in [5.41, 5.74) is 3.20. The van der Waals surface area contributed by atoms with Gasteiger partial charge in [0.05, 0.1) is 6.04 Å². The highest BCUT2D eigenvalue weighted by atomic mass is 16.3. The molecule has 1 unspecified atom stereocenters.